The molecule has 60 valence electrons. The van der Waals surface area contributed by atoms with Gasteiger partial charge in [-0.25, -0.2) is 8.78 Å². The molecule has 0 heterocycles. The molecule has 0 amide bonds. The summed E-state index contributed by atoms with van der Waals surface area (Å²) in [6.07, 6.45) is -0.595. The fourth-order valence-corrected chi connectivity index (χ4v) is 0.625. The van der Waals surface area contributed by atoms with Crippen LogP contribution in [-0.4, -0.2) is 17.0 Å². The summed E-state index contributed by atoms with van der Waals surface area (Å²) >= 11 is 0. The second kappa shape index (κ2) is 2.94. The summed E-state index contributed by atoms with van der Waals surface area (Å²) in [5.41, 5.74) is 0. The van der Waals surface area contributed by atoms with Crippen molar-refractivity contribution in [3.05, 3.63) is 0 Å². The quantitative estimate of drug-likeness (QED) is 0.668. The van der Waals surface area contributed by atoms with E-state index < -0.39 is 24.2 Å². The van der Waals surface area contributed by atoms with Gasteiger partial charge >= 0.3 is 5.97 Å². The molecule has 1 N–H and O–H groups in total. The lowest BCUT2D eigenvalue weighted by molar-refractivity contribution is -0.144. The molecule has 0 bridgehead atoms. The first-order chi connectivity index (χ1) is 4.33. The van der Waals surface area contributed by atoms with Crippen LogP contribution in [0.5, 0.6) is 0 Å². The van der Waals surface area contributed by atoms with Crippen LogP contribution in [0.2, 0.25) is 0 Å². The Balaban J connectivity index is 3.80. The van der Waals surface area contributed by atoms with Gasteiger partial charge in [-0.2, -0.15) is 0 Å². The summed E-state index contributed by atoms with van der Waals surface area (Å²) in [5.74, 6) is -5.03. The number of hydrogen-bond acceptors (Lipinski definition) is 1. The van der Waals surface area contributed by atoms with Crippen LogP contribution in [0, 0.1) is 5.92 Å². The van der Waals surface area contributed by atoms with E-state index in [0.717, 1.165) is 0 Å². The molecule has 0 rings (SSSR count). The molecule has 0 aromatic heterocycles. The first-order valence-corrected chi connectivity index (χ1v) is 2.93. The van der Waals surface area contributed by atoms with Gasteiger partial charge in [0, 0.05) is 6.42 Å². The lowest BCUT2D eigenvalue weighted by Gasteiger charge is -2.12. The van der Waals surface area contributed by atoms with E-state index in [9.17, 15) is 13.6 Å². The minimum Gasteiger partial charge on any atom is -0.481 e. The molecule has 0 aliphatic carbocycles. The molecule has 0 aliphatic rings. The van der Waals surface area contributed by atoms with Gasteiger partial charge in [0.05, 0.1) is 5.92 Å². The molecule has 0 aliphatic heterocycles. The minimum atomic E-state index is -2.88. The summed E-state index contributed by atoms with van der Waals surface area (Å²) in [7, 11) is 0. The van der Waals surface area contributed by atoms with Gasteiger partial charge in [0.15, 0.2) is 0 Å². The second-order valence-electron chi connectivity index (χ2n) is 2.51. The Morgan fingerprint density at radius 1 is 1.70 bits per heavy atom. The summed E-state index contributed by atoms with van der Waals surface area (Å²) < 4.78 is 24.1. The summed E-state index contributed by atoms with van der Waals surface area (Å²) in [4.78, 5) is 10.0. The Morgan fingerprint density at radius 3 is 2.20 bits per heavy atom. The van der Waals surface area contributed by atoms with Crippen LogP contribution in [0.1, 0.15) is 20.3 Å². The van der Waals surface area contributed by atoms with E-state index in [1.54, 1.807) is 0 Å². The smallest absolute Gasteiger partial charge is 0.306 e. The lowest BCUT2D eigenvalue weighted by Crippen LogP contribution is -2.20. The molecule has 0 spiro atoms. The van der Waals surface area contributed by atoms with E-state index in [1.807, 2.05) is 0 Å². The van der Waals surface area contributed by atoms with Crippen molar-refractivity contribution in [1.82, 2.24) is 0 Å². The Labute approximate surface area is 57.9 Å². The monoisotopic (exact) mass is 152 g/mol. The number of carboxylic acids is 1. The number of hydrogen-bond donors (Lipinski definition) is 1. The highest BCUT2D eigenvalue weighted by atomic mass is 19.3. The van der Waals surface area contributed by atoms with Crippen LogP contribution in [0.25, 0.3) is 0 Å². The molecule has 0 saturated heterocycles. The number of rotatable bonds is 3. The van der Waals surface area contributed by atoms with Crippen molar-refractivity contribution in [1.29, 1.82) is 0 Å². The fraction of sp³-hybridized carbons (Fsp3) is 0.833. The zero-order valence-electron chi connectivity index (χ0n) is 5.90. The number of carbonyl (C=O) groups is 1. The van der Waals surface area contributed by atoms with Gasteiger partial charge in [-0.05, 0) is 6.92 Å². The maximum absolute atomic E-state index is 12.1. The van der Waals surface area contributed by atoms with Crippen LogP contribution < -0.4 is 0 Å². The molecule has 0 aromatic carbocycles. The molecule has 0 fully saturated rings. The van der Waals surface area contributed by atoms with Gasteiger partial charge in [-0.1, -0.05) is 6.92 Å². The van der Waals surface area contributed by atoms with Gasteiger partial charge in [0.25, 0.3) is 0 Å². The second-order valence-corrected chi connectivity index (χ2v) is 2.51. The van der Waals surface area contributed by atoms with Crippen LogP contribution in [0.4, 0.5) is 8.78 Å². The van der Waals surface area contributed by atoms with Crippen molar-refractivity contribution in [3.63, 3.8) is 0 Å². The van der Waals surface area contributed by atoms with E-state index in [0.29, 0.717) is 6.92 Å². The number of aliphatic carboxylic acids is 1. The molecule has 4 heteroatoms. The molecular weight excluding hydrogens is 142 g/mol. The highest BCUT2D eigenvalue weighted by Gasteiger charge is 2.27. The molecule has 10 heavy (non-hydrogen) atoms. The molecule has 0 aromatic rings. The summed E-state index contributed by atoms with van der Waals surface area (Å²) in [6.45, 7) is 1.98. The third-order valence-electron chi connectivity index (χ3n) is 1.09. The standard InChI is InChI=1S/C6H10F2O2/c1-4(5(9)10)3-6(2,7)8/h4H,3H2,1-2H3,(H,9,10). The zero-order chi connectivity index (χ0) is 8.36. The Hall–Kier alpha value is -0.670. The van der Waals surface area contributed by atoms with Crippen LogP contribution in [0.3, 0.4) is 0 Å². The average molecular weight is 152 g/mol. The topological polar surface area (TPSA) is 37.3 Å². The molecule has 0 radical (unpaired) electrons. The van der Waals surface area contributed by atoms with Crippen molar-refractivity contribution in [2.24, 2.45) is 5.92 Å². The fourth-order valence-electron chi connectivity index (χ4n) is 0.625. The highest BCUT2D eigenvalue weighted by molar-refractivity contribution is 5.69. The SMILES string of the molecule is CC(CC(C)(F)F)C(=O)O. The molecule has 2 nitrogen and oxygen atoms in total. The summed E-state index contributed by atoms with van der Waals surface area (Å²) in [5, 5.41) is 8.21. The van der Waals surface area contributed by atoms with E-state index in [4.69, 9.17) is 5.11 Å². The third kappa shape index (κ3) is 4.23. The van der Waals surface area contributed by atoms with Gasteiger partial charge in [0.1, 0.15) is 0 Å². The highest BCUT2D eigenvalue weighted by Crippen LogP contribution is 2.21. The minimum absolute atomic E-state index is 0.595. The van der Waals surface area contributed by atoms with E-state index in [-0.39, 0.29) is 0 Å². The molecular formula is C6H10F2O2. The van der Waals surface area contributed by atoms with Gasteiger partial charge in [-0.3, -0.25) is 4.79 Å². The largest absolute Gasteiger partial charge is 0.481 e. The number of carboxylic acid groups (broad SMARTS) is 1. The van der Waals surface area contributed by atoms with Crippen LogP contribution in [0.15, 0.2) is 0 Å². The maximum Gasteiger partial charge on any atom is 0.306 e. The summed E-state index contributed by atoms with van der Waals surface area (Å²) in [6, 6.07) is 0. The third-order valence-corrected chi connectivity index (χ3v) is 1.09. The predicted octanol–water partition coefficient (Wildman–Crippen LogP) is 1.75. The van der Waals surface area contributed by atoms with Crippen molar-refractivity contribution < 1.29 is 18.7 Å². The average Bonchev–Trinajstić information content (AvgIpc) is 1.60. The Kier molecular flexibility index (Phi) is 2.75. The van der Waals surface area contributed by atoms with Crippen molar-refractivity contribution in [2.75, 3.05) is 0 Å². The van der Waals surface area contributed by atoms with Crippen molar-refractivity contribution in [2.45, 2.75) is 26.2 Å². The van der Waals surface area contributed by atoms with Crippen LogP contribution in [-0.2, 0) is 4.79 Å². The Morgan fingerprint density at radius 2 is 2.10 bits per heavy atom. The van der Waals surface area contributed by atoms with Crippen molar-refractivity contribution >= 4 is 5.97 Å². The number of alkyl halides is 2. The van der Waals surface area contributed by atoms with Gasteiger partial charge < -0.3 is 5.11 Å². The lowest BCUT2D eigenvalue weighted by atomic mass is 10.0. The van der Waals surface area contributed by atoms with Crippen LogP contribution >= 0.6 is 0 Å². The maximum atomic E-state index is 12.1. The van der Waals surface area contributed by atoms with E-state index in [2.05, 4.69) is 0 Å². The van der Waals surface area contributed by atoms with Gasteiger partial charge in [0.2, 0.25) is 5.92 Å². The predicted molar refractivity (Wildman–Crippen MR) is 32.0 cm³/mol. The van der Waals surface area contributed by atoms with E-state index in [1.165, 1.54) is 6.92 Å². The van der Waals surface area contributed by atoms with Crippen molar-refractivity contribution in [3.8, 4) is 0 Å². The molecule has 0 saturated carbocycles. The normalized spacial score (nSPS) is 14.8. The van der Waals surface area contributed by atoms with Gasteiger partial charge in [-0.15, -0.1) is 0 Å². The van der Waals surface area contributed by atoms with E-state index >= 15 is 0 Å². The molecule has 1 unspecified atom stereocenters. The Bertz CT molecular complexity index is 128. The number of halogens is 2. The first kappa shape index (κ1) is 9.33. The molecule has 1 atom stereocenters. The zero-order valence-corrected chi connectivity index (χ0v) is 5.90. The first-order valence-electron chi connectivity index (χ1n) is 2.93.